The fourth-order valence-corrected chi connectivity index (χ4v) is 0.930. The van der Waals surface area contributed by atoms with E-state index in [1.807, 2.05) is 0 Å². The Balaban J connectivity index is 2.07. The minimum Gasteiger partial charge on any atom is -0.374 e. The predicted molar refractivity (Wildman–Crippen MR) is 36.7 cm³/mol. The summed E-state index contributed by atoms with van der Waals surface area (Å²) in [4.78, 5) is 9.86. The van der Waals surface area contributed by atoms with Crippen LogP contribution in [0.4, 0.5) is 0 Å². The molecule has 1 aliphatic heterocycles. The third kappa shape index (κ3) is 2.33. The quantitative estimate of drug-likeness (QED) is 0.485. The molecule has 1 amide bonds. The summed E-state index contributed by atoms with van der Waals surface area (Å²) < 4.78 is 5.30. The van der Waals surface area contributed by atoms with Gasteiger partial charge in [-0.15, -0.1) is 0 Å². The first-order valence-electron chi connectivity index (χ1n) is 3.43. The van der Waals surface area contributed by atoms with Crippen molar-refractivity contribution in [2.45, 2.75) is 6.10 Å². The van der Waals surface area contributed by atoms with Crippen LogP contribution in [0.2, 0.25) is 0 Å². The van der Waals surface area contributed by atoms with Gasteiger partial charge in [-0.2, -0.15) is 0 Å². The van der Waals surface area contributed by atoms with Crippen LogP contribution in [0, 0.1) is 0 Å². The average Bonchev–Trinajstić information content (AvgIpc) is 2.03. The molecule has 0 aromatic rings. The van der Waals surface area contributed by atoms with Gasteiger partial charge in [-0.25, -0.2) is 0 Å². The van der Waals surface area contributed by atoms with E-state index in [2.05, 4.69) is 10.6 Å². The minimum atomic E-state index is 0.152. The molecule has 10 heavy (non-hydrogen) atoms. The summed E-state index contributed by atoms with van der Waals surface area (Å²) in [5, 5.41) is 5.74. The van der Waals surface area contributed by atoms with Gasteiger partial charge in [0.1, 0.15) is 0 Å². The van der Waals surface area contributed by atoms with E-state index in [1.165, 1.54) is 0 Å². The third-order valence-corrected chi connectivity index (χ3v) is 1.43. The van der Waals surface area contributed by atoms with Crippen LogP contribution in [-0.4, -0.2) is 38.8 Å². The fourth-order valence-electron chi connectivity index (χ4n) is 0.930. The maximum atomic E-state index is 9.86. The smallest absolute Gasteiger partial charge is 0.207 e. The normalized spacial score (nSPS) is 25.8. The zero-order valence-electron chi connectivity index (χ0n) is 5.80. The molecule has 0 radical (unpaired) electrons. The van der Waals surface area contributed by atoms with Crippen molar-refractivity contribution in [3.8, 4) is 0 Å². The lowest BCUT2D eigenvalue weighted by Gasteiger charge is -2.22. The maximum Gasteiger partial charge on any atom is 0.207 e. The lowest BCUT2D eigenvalue weighted by atomic mass is 10.3. The van der Waals surface area contributed by atoms with E-state index >= 15 is 0 Å². The molecule has 58 valence electrons. The molecule has 1 atom stereocenters. The van der Waals surface area contributed by atoms with Crippen LogP contribution < -0.4 is 10.6 Å². The standard InChI is InChI=1S/C6H12N2O2/c9-5-8-4-6-3-7-1-2-10-6/h5-7H,1-4H2,(H,8,9). The number of morpholine rings is 1. The van der Waals surface area contributed by atoms with E-state index in [0.29, 0.717) is 13.0 Å². The molecule has 1 saturated heterocycles. The monoisotopic (exact) mass is 144 g/mol. The molecule has 4 heteroatoms. The molecular weight excluding hydrogens is 132 g/mol. The van der Waals surface area contributed by atoms with E-state index in [1.54, 1.807) is 0 Å². The summed E-state index contributed by atoms with van der Waals surface area (Å²) >= 11 is 0. The molecule has 0 aromatic heterocycles. The summed E-state index contributed by atoms with van der Waals surface area (Å²) in [5.41, 5.74) is 0. The molecule has 1 fully saturated rings. The second kappa shape index (κ2) is 4.24. The number of carbonyl (C=O) groups excluding carboxylic acids is 1. The first kappa shape index (κ1) is 7.50. The van der Waals surface area contributed by atoms with Gasteiger partial charge in [-0.05, 0) is 0 Å². The highest BCUT2D eigenvalue weighted by Crippen LogP contribution is 1.92. The molecule has 4 nitrogen and oxygen atoms in total. The molecule has 0 aliphatic carbocycles. The van der Waals surface area contributed by atoms with Crippen molar-refractivity contribution in [3.63, 3.8) is 0 Å². The van der Waals surface area contributed by atoms with E-state index in [9.17, 15) is 4.79 Å². The fraction of sp³-hybridized carbons (Fsp3) is 0.833. The Morgan fingerprint density at radius 3 is 3.30 bits per heavy atom. The van der Waals surface area contributed by atoms with E-state index in [-0.39, 0.29) is 6.10 Å². The Kier molecular flexibility index (Phi) is 3.18. The summed E-state index contributed by atoms with van der Waals surface area (Å²) in [5.74, 6) is 0. The number of ether oxygens (including phenoxy) is 1. The maximum absolute atomic E-state index is 9.86. The van der Waals surface area contributed by atoms with Crippen molar-refractivity contribution in [2.75, 3.05) is 26.2 Å². The highest BCUT2D eigenvalue weighted by molar-refractivity contribution is 5.45. The van der Waals surface area contributed by atoms with Crippen LogP contribution in [0.15, 0.2) is 0 Å². The average molecular weight is 144 g/mol. The first-order chi connectivity index (χ1) is 4.93. The zero-order valence-corrected chi connectivity index (χ0v) is 5.80. The van der Waals surface area contributed by atoms with E-state index in [0.717, 1.165) is 19.7 Å². The van der Waals surface area contributed by atoms with Crippen molar-refractivity contribution in [1.82, 2.24) is 10.6 Å². The van der Waals surface area contributed by atoms with Gasteiger partial charge in [0, 0.05) is 19.6 Å². The Bertz CT molecular complexity index is 102. The minimum absolute atomic E-state index is 0.152. The van der Waals surface area contributed by atoms with Crippen LogP contribution in [0.1, 0.15) is 0 Å². The Hall–Kier alpha value is -0.610. The number of amides is 1. The SMILES string of the molecule is O=CNCC1CNCCO1. The van der Waals surface area contributed by atoms with Crippen molar-refractivity contribution in [2.24, 2.45) is 0 Å². The van der Waals surface area contributed by atoms with Crippen molar-refractivity contribution < 1.29 is 9.53 Å². The highest BCUT2D eigenvalue weighted by atomic mass is 16.5. The van der Waals surface area contributed by atoms with E-state index in [4.69, 9.17) is 4.74 Å². The second-order valence-corrected chi connectivity index (χ2v) is 2.22. The molecule has 1 heterocycles. The molecule has 2 N–H and O–H groups in total. The molecule has 1 aliphatic rings. The summed E-state index contributed by atoms with van der Waals surface area (Å²) in [7, 11) is 0. The predicted octanol–water partition coefficient (Wildman–Crippen LogP) is -1.28. The second-order valence-electron chi connectivity index (χ2n) is 2.22. The summed E-state index contributed by atoms with van der Waals surface area (Å²) in [6.45, 7) is 3.10. The molecule has 1 unspecified atom stereocenters. The topological polar surface area (TPSA) is 50.4 Å². The number of carbonyl (C=O) groups is 1. The van der Waals surface area contributed by atoms with Crippen molar-refractivity contribution in [1.29, 1.82) is 0 Å². The lowest BCUT2D eigenvalue weighted by Crippen LogP contribution is -2.43. The number of nitrogens with one attached hydrogen (secondary N) is 2. The Labute approximate surface area is 59.9 Å². The van der Waals surface area contributed by atoms with Gasteiger partial charge in [-0.3, -0.25) is 4.79 Å². The van der Waals surface area contributed by atoms with Crippen LogP contribution >= 0.6 is 0 Å². The molecule has 0 bridgehead atoms. The number of hydrogen-bond donors (Lipinski definition) is 2. The van der Waals surface area contributed by atoms with Gasteiger partial charge < -0.3 is 15.4 Å². The van der Waals surface area contributed by atoms with Gasteiger partial charge in [0.15, 0.2) is 0 Å². The van der Waals surface area contributed by atoms with Gasteiger partial charge >= 0.3 is 0 Å². The molecule has 1 rings (SSSR count). The molecular formula is C6H12N2O2. The van der Waals surface area contributed by atoms with Crippen LogP contribution in [0.5, 0.6) is 0 Å². The van der Waals surface area contributed by atoms with Crippen molar-refractivity contribution >= 4 is 6.41 Å². The molecule has 0 spiro atoms. The molecule has 0 saturated carbocycles. The molecule has 0 aromatic carbocycles. The van der Waals surface area contributed by atoms with Crippen LogP contribution in [-0.2, 0) is 9.53 Å². The van der Waals surface area contributed by atoms with E-state index < -0.39 is 0 Å². The summed E-state index contributed by atoms with van der Waals surface area (Å²) in [6.07, 6.45) is 0.844. The zero-order chi connectivity index (χ0) is 7.23. The highest BCUT2D eigenvalue weighted by Gasteiger charge is 2.11. The number of rotatable bonds is 3. The van der Waals surface area contributed by atoms with Crippen LogP contribution in [0.3, 0.4) is 0 Å². The van der Waals surface area contributed by atoms with Crippen molar-refractivity contribution in [3.05, 3.63) is 0 Å². The Morgan fingerprint density at radius 2 is 2.70 bits per heavy atom. The third-order valence-electron chi connectivity index (χ3n) is 1.43. The number of hydrogen-bond acceptors (Lipinski definition) is 3. The largest absolute Gasteiger partial charge is 0.374 e. The van der Waals surface area contributed by atoms with Gasteiger partial charge in [-0.1, -0.05) is 0 Å². The van der Waals surface area contributed by atoms with Gasteiger partial charge in [0.25, 0.3) is 0 Å². The van der Waals surface area contributed by atoms with Gasteiger partial charge in [0.05, 0.1) is 12.7 Å². The van der Waals surface area contributed by atoms with Gasteiger partial charge in [0.2, 0.25) is 6.41 Å². The first-order valence-corrected chi connectivity index (χ1v) is 3.43. The lowest BCUT2D eigenvalue weighted by molar-refractivity contribution is -0.110. The van der Waals surface area contributed by atoms with Crippen LogP contribution in [0.25, 0.3) is 0 Å². The summed E-state index contributed by atoms with van der Waals surface area (Å²) in [6, 6.07) is 0. The Morgan fingerprint density at radius 1 is 1.80 bits per heavy atom.